The van der Waals surface area contributed by atoms with Crippen molar-refractivity contribution in [3.8, 4) is 16.9 Å². The minimum absolute atomic E-state index is 0.00457. The van der Waals surface area contributed by atoms with Gasteiger partial charge in [0.15, 0.2) is 5.65 Å². The van der Waals surface area contributed by atoms with Gasteiger partial charge in [0.1, 0.15) is 11.3 Å². The third kappa shape index (κ3) is 4.31. The van der Waals surface area contributed by atoms with E-state index in [0.29, 0.717) is 18.9 Å². The Labute approximate surface area is 198 Å². The monoisotopic (exact) mass is 461 g/mol. The van der Waals surface area contributed by atoms with Gasteiger partial charge in [-0.3, -0.25) is 9.13 Å². The van der Waals surface area contributed by atoms with E-state index in [2.05, 4.69) is 47.4 Å². The molecule has 0 spiro atoms. The minimum atomic E-state index is -0.0755. The minimum Gasteiger partial charge on any atom is -0.494 e. The second-order valence-electron chi connectivity index (χ2n) is 9.22. The van der Waals surface area contributed by atoms with Crippen molar-refractivity contribution < 1.29 is 9.47 Å². The molecule has 0 unspecified atom stereocenters. The maximum absolute atomic E-state index is 13.2. The summed E-state index contributed by atoms with van der Waals surface area (Å²) in [5.41, 5.74) is 4.26. The molecule has 0 aliphatic carbocycles. The summed E-state index contributed by atoms with van der Waals surface area (Å²) in [5.74, 6) is 0.866. The van der Waals surface area contributed by atoms with Crippen LogP contribution in [0, 0.1) is 0 Å². The molecule has 0 N–H and O–H groups in total. The van der Waals surface area contributed by atoms with E-state index in [0.717, 1.165) is 65.7 Å². The maximum Gasteiger partial charge on any atom is 0.330 e. The van der Waals surface area contributed by atoms with E-state index < -0.39 is 0 Å². The van der Waals surface area contributed by atoms with Crippen molar-refractivity contribution in [1.82, 2.24) is 24.2 Å². The molecule has 4 aromatic rings. The Morgan fingerprint density at radius 3 is 2.65 bits per heavy atom. The number of ether oxygens (including phenoxy) is 2. The molecule has 5 rings (SSSR count). The van der Waals surface area contributed by atoms with Gasteiger partial charge in [-0.25, -0.2) is 4.79 Å². The summed E-state index contributed by atoms with van der Waals surface area (Å²) >= 11 is 0. The summed E-state index contributed by atoms with van der Waals surface area (Å²) in [6, 6.07) is 14.3. The Bertz CT molecular complexity index is 1350. The SMILES string of the molecule is CN(C)CCCOc1ccc(-c2ccc3nnc4c(c3c2)n([C@@H]2CCCOC2)c(=O)n4C)cc1. The van der Waals surface area contributed by atoms with E-state index in [1.165, 1.54) is 0 Å². The van der Waals surface area contributed by atoms with Gasteiger partial charge in [-0.2, -0.15) is 0 Å². The Morgan fingerprint density at radius 2 is 1.91 bits per heavy atom. The summed E-state index contributed by atoms with van der Waals surface area (Å²) in [6.07, 6.45) is 2.85. The number of aryl methyl sites for hydroxylation is 1. The van der Waals surface area contributed by atoms with Crippen LogP contribution in [0.4, 0.5) is 0 Å². The van der Waals surface area contributed by atoms with E-state index in [1.54, 1.807) is 11.6 Å². The quantitative estimate of drug-likeness (QED) is 0.391. The molecule has 2 aromatic heterocycles. The second-order valence-corrected chi connectivity index (χ2v) is 9.22. The topological polar surface area (TPSA) is 74.4 Å². The number of nitrogens with zero attached hydrogens (tertiary/aromatic N) is 5. The summed E-state index contributed by atoms with van der Waals surface area (Å²) < 4.78 is 15.0. The molecule has 0 radical (unpaired) electrons. The fraction of sp³-hybridized carbons (Fsp3) is 0.423. The standard InChI is InChI=1S/C26H31N5O3/c1-29(2)13-5-15-34-21-10-7-18(8-11-21)19-9-12-23-22(16-19)24-25(28-27-23)30(3)26(32)31(24)20-6-4-14-33-17-20/h7-12,16,20H,4-6,13-15,17H2,1-3H3/t20-/m1/s1. The zero-order valence-corrected chi connectivity index (χ0v) is 20.0. The fourth-order valence-corrected chi connectivity index (χ4v) is 4.65. The predicted molar refractivity (Wildman–Crippen MR) is 133 cm³/mol. The molecule has 1 atom stereocenters. The van der Waals surface area contributed by atoms with Crippen molar-refractivity contribution in [1.29, 1.82) is 0 Å². The predicted octanol–water partition coefficient (Wildman–Crippen LogP) is 3.63. The van der Waals surface area contributed by atoms with Gasteiger partial charge in [0.2, 0.25) is 0 Å². The lowest BCUT2D eigenvalue weighted by atomic mass is 10.0. The van der Waals surface area contributed by atoms with Crippen LogP contribution in [-0.2, 0) is 11.8 Å². The maximum atomic E-state index is 13.2. The van der Waals surface area contributed by atoms with Crippen molar-refractivity contribution in [2.24, 2.45) is 7.05 Å². The van der Waals surface area contributed by atoms with Crippen LogP contribution in [0.2, 0.25) is 0 Å². The largest absolute Gasteiger partial charge is 0.494 e. The Hall–Kier alpha value is -3.23. The number of imidazole rings is 1. The van der Waals surface area contributed by atoms with Crippen molar-refractivity contribution in [3.63, 3.8) is 0 Å². The van der Waals surface area contributed by atoms with Crippen LogP contribution in [0.1, 0.15) is 25.3 Å². The van der Waals surface area contributed by atoms with Crippen molar-refractivity contribution >= 4 is 22.1 Å². The van der Waals surface area contributed by atoms with Gasteiger partial charge in [-0.15, -0.1) is 10.2 Å². The first-order valence-corrected chi connectivity index (χ1v) is 11.9. The molecule has 1 aliphatic rings. The Morgan fingerprint density at radius 1 is 1.12 bits per heavy atom. The highest BCUT2D eigenvalue weighted by Crippen LogP contribution is 2.31. The highest BCUT2D eigenvalue weighted by Gasteiger charge is 2.24. The van der Waals surface area contributed by atoms with Gasteiger partial charge in [-0.1, -0.05) is 18.2 Å². The molecule has 178 valence electrons. The molecule has 1 aliphatic heterocycles. The highest BCUT2D eigenvalue weighted by atomic mass is 16.5. The molecule has 0 saturated carbocycles. The third-order valence-electron chi connectivity index (χ3n) is 6.48. The van der Waals surface area contributed by atoms with Crippen LogP contribution in [0.25, 0.3) is 33.2 Å². The van der Waals surface area contributed by atoms with E-state index in [-0.39, 0.29) is 11.7 Å². The summed E-state index contributed by atoms with van der Waals surface area (Å²) in [7, 11) is 5.89. The van der Waals surface area contributed by atoms with Crippen molar-refractivity contribution in [2.75, 3.05) is 40.5 Å². The van der Waals surface area contributed by atoms with Gasteiger partial charge in [0.05, 0.1) is 24.8 Å². The zero-order valence-electron chi connectivity index (χ0n) is 20.0. The smallest absolute Gasteiger partial charge is 0.330 e. The molecular formula is C26H31N5O3. The average Bonchev–Trinajstić information content (AvgIpc) is 3.12. The first-order chi connectivity index (χ1) is 16.5. The van der Waals surface area contributed by atoms with Crippen molar-refractivity contribution in [2.45, 2.75) is 25.3 Å². The molecule has 0 amide bonds. The van der Waals surface area contributed by atoms with E-state index >= 15 is 0 Å². The van der Waals surface area contributed by atoms with Gasteiger partial charge in [0.25, 0.3) is 0 Å². The molecule has 1 fully saturated rings. The Balaban J connectivity index is 1.51. The van der Waals surface area contributed by atoms with E-state index in [4.69, 9.17) is 9.47 Å². The van der Waals surface area contributed by atoms with Crippen LogP contribution in [-0.4, -0.2) is 64.7 Å². The number of fused-ring (bicyclic) bond motifs is 3. The highest BCUT2D eigenvalue weighted by molar-refractivity contribution is 6.02. The van der Waals surface area contributed by atoms with Gasteiger partial charge >= 0.3 is 5.69 Å². The lowest BCUT2D eigenvalue weighted by Crippen LogP contribution is -2.31. The second kappa shape index (κ2) is 9.56. The molecule has 8 heteroatoms. The molecular weight excluding hydrogens is 430 g/mol. The summed E-state index contributed by atoms with van der Waals surface area (Å²) in [6.45, 7) is 2.99. The van der Waals surface area contributed by atoms with Gasteiger partial charge < -0.3 is 14.4 Å². The lowest BCUT2D eigenvalue weighted by Gasteiger charge is -2.23. The van der Waals surface area contributed by atoms with E-state index in [9.17, 15) is 4.79 Å². The number of aromatic nitrogens is 4. The van der Waals surface area contributed by atoms with Gasteiger partial charge in [-0.05, 0) is 68.8 Å². The fourth-order valence-electron chi connectivity index (χ4n) is 4.65. The number of hydrogen-bond donors (Lipinski definition) is 0. The number of benzene rings is 2. The first-order valence-electron chi connectivity index (χ1n) is 11.9. The molecule has 3 heterocycles. The number of rotatable bonds is 7. The van der Waals surface area contributed by atoms with Crippen LogP contribution < -0.4 is 10.4 Å². The molecule has 8 nitrogen and oxygen atoms in total. The van der Waals surface area contributed by atoms with E-state index in [1.807, 2.05) is 28.8 Å². The van der Waals surface area contributed by atoms with Crippen molar-refractivity contribution in [3.05, 3.63) is 52.9 Å². The lowest BCUT2D eigenvalue weighted by molar-refractivity contribution is 0.0593. The molecule has 34 heavy (non-hydrogen) atoms. The van der Waals surface area contributed by atoms with Crippen LogP contribution >= 0.6 is 0 Å². The van der Waals surface area contributed by atoms with Gasteiger partial charge in [0, 0.05) is 25.6 Å². The molecule has 0 bridgehead atoms. The summed E-state index contributed by atoms with van der Waals surface area (Å²) in [4.78, 5) is 15.3. The molecule has 1 saturated heterocycles. The average molecular weight is 462 g/mol. The third-order valence-corrected chi connectivity index (χ3v) is 6.48. The van der Waals surface area contributed by atoms with Crippen LogP contribution in [0.15, 0.2) is 47.3 Å². The first kappa shape index (κ1) is 22.6. The summed E-state index contributed by atoms with van der Waals surface area (Å²) in [5, 5.41) is 9.70. The molecule has 2 aromatic carbocycles. The van der Waals surface area contributed by atoms with Crippen LogP contribution in [0.5, 0.6) is 5.75 Å². The number of hydrogen-bond acceptors (Lipinski definition) is 6. The van der Waals surface area contributed by atoms with Crippen LogP contribution in [0.3, 0.4) is 0 Å². The zero-order chi connectivity index (χ0) is 23.7. The Kier molecular flexibility index (Phi) is 6.34. The normalized spacial score (nSPS) is 16.5.